The number of ether oxygens (including phenoxy) is 1. The zero-order valence-electron chi connectivity index (χ0n) is 9.94. The highest BCUT2D eigenvalue weighted by molar-refractivity contribution is 5.85. The third-order valence-electron chi connectivity index (χ3n) is 2.12. The number of carbonyl (C=O) groups excluding carboxylic acids is 1. The molecule has 0 saturated carbocycles. The van der Waals surface area contributed by atoms with Crippen LogP contribution in [0, 0.1) is 0 Å². The van der Waals surface area contributed by atoms with Gasteiger partial charge in [-0.15, -0.1) is 12.4 Å². The Balaban J connectivity index is 0.00000256. The van der Waals surface area contributed by atoms with Crippen LogP contribution in [-0.4, -0.2) is 19.1 Å². The molecule has 0 aromatic heterocycles. The highest BCUT2D eigenvalue weighted by Crippen LogP contribution is 2.17. The molecule has 0 spiro atoms. The number of nitrogens with one attached hydrogen (secondary N) is 1. The van der Waals surface area contributed by atoms with Crippen LogP contribution in [0.5, 0.6) is 5.75 Å². The fraction of sp³-hybridized carbons (Fsp3) is 0.417. The number of nitrogens with two attached hydrogens (primary N) is 1. The standard InChI is InChI=1S/C12H18N2O2.ClH/c1-2-16-11-6-4-3-5-10(11)9-14-12(15)7-8-13;/h3-6H,2,7-9,13H2,1H3,(H,14,15);1H. The highest BCUT2D eigenvalue weighted by atomic mass is 35.5. The molecule has 17 heavy (non-hydrogen) atoms. The molecular formula is C12H19ClN2O2. The Kier molecular flexibility index (Phi) is 8.19. The summed E-state index contributed by atoms with van der Waals surface area (Å²) in [5, 5.41) is 2.80. The van der Waals surface area contributed by atoms with Crippen molar-refractivity contribution in [1.29, 1.82) is 0 Å². The van der Waals surface area contributed by atoms with Gasteiger partial charge in [0, 0.05) is 25.1 Å². The van der Waals surface area contributed by atoms with E-state index in [2.05, 4.69) is 5.32 Å². The Morgan fingerprint density at radius 3 is 2.76 bits per heavy atom. The van der Waals surface area contributed by atoms with Crippen molar-refractivity contribution in [3.63, 3.8) is 0 Å². The van der Waals surface area contributed by atoms with Gasteiger partial charge in [0.05, 0.1) is 6.61 Å². The molecular weight excluding hydrogens is 240 g/mol. The third kappa shape index (κ3) is 5.56. The molecule has 1 aromatic rings. The maximum Gasteiger partial charge on any atom is 0.221 e. The largest absolute Gasteiger partial charge is 0.494 e. The summed E-state index contributed by atoms with van der Waals surface area (Å²) in [6.07, 6.45) is 0.358. The lowest BCUT2D eigenvalue weighted by molar-refractivity contribution is -0.121. The van der Waals surface area contributed by atoms with Crippen molar-refractivity contribution < 1.29 is 9.53 Å². The van der Waals surface area contributed by atoms with E-state index >= 15 is 0 Å². The van der Waals surface area contributed by atoms with Gasteiger partial charge in [-0.25, -0.2) is 0 Å². The Hall–Kier alpha value is -1.26. The van der Waals surface area contributed by atoms with Crippen LogP contribution in [0.25, 0.3) is 0 Å². The van der Waals surface area contributed by atoms with Crippen molar-refractivity contribution in [1.82, 2.24) is 5.32 Å². The number of para-hydroxylation sites is 1. The van der Waals surface area contributed by atoms with E-state index in [1.165, 1.54) is 0 Å². The minimum atomic E-state index is -0.0335. The predicted octanol–water partition coefficient (Wildman–Crippen LogP) is 1.47. The quantitative estimate of drug-likeness (QED) is 0.812. The van der Waals surface area contributed by atoms with E-state index in [1.54, 1.807) is 0 Å². The minimum absolute atomic E-state index is 0. The van der Waals surface area contributed by atoms with Gasteiger partial charge in [0.25, 0.3) is 0 Å². The van der Waals surface area contributed by atoms with E-state index in [4.69, 9.17) is 10.5 Å². The molecule has 0 aliphatic carbocycles. The lowest BCUT2D eigenvalue weighted by atomic mass is 10.2. The number of benzene rings is 1. The fourth-order valence-corrected chi connectivity index (χ4v) is 1.36. The normalized spacial score (nSPS) is 9.29. The first kappa shape index (κ1) is 15.7. The van der Waals surface area contributed by atoms with E-state index in [9.17, 15) is 4.79 Å². The van der Waals surface area contributed by atoms with E-state index in [1.807, 2.05) is 31.2 Å². The molecule has 0 fully saturated rings. The smallest absolute Gasteiger partial charge is 0.221 e. The van der Waals surface area contributed by atoms with Crippen molar-refractivity contribution in [3.05, 3.63) is 29.8 Å². The number of hydrogen-bond acceptors (Lipinski definition) is 3. The number of amides is 1. The van der Waals surface area contributed by atoms with Crippen molar-refractivity contribution in [2.75, 3.05) is 13.2 Å². The number of halogens is 1. The molecule has 1 amide bonds. The zero-order valence-corrected chi connectivity index (χ0v) is 10.8. The SMILES string of the molecule is CCOc1ccccc1CNC(=O)CCN.Cl. The molecule has 4 nitrogen and oxygen atoms in total. The van der Waals surface area contributed by atoms with Crippen LogP contribution in [-0.2, 0) is 11.3 Å². The van der Waals surface area contributed by atoms with Crippen LogP contribution >= 0.6 is 12.4 Å². The van der Waals surface area contributed by atoms with Gasteiger partial charge in [-0.2, -0.15) is 0 Å². The number of hydrogen-bond donors (Lipinski definition) is 2. The number of rotatable bonds is 6. The van der Waals surface area contributed by atoms with Crippen molar-refractivity contribution in [3.8, 4) is 5.75 Å². The van der Waals surface area contributed by atoms with Crippen LogP contribution in [0.2, 0.25) is 0 Å². The van der Waals surface area contributed by atoms with Gasteiger partial charge < -0.3 is 15.8 Å². The molecule has 0 saturated heterocycles. The Morgan fingerprint density at radius 2 is 2.12 bits per heavy atom. The highest BCUT2D eigenvalue weighted by Gasteiger charge is 2.04. The van der Waals surface area contributed by atoms with Crippen LogP contribution in [0.3, 0.4) is 0 Å². The average molecular weight is 259 g/mol. The molecule has 0 aliphatic heterocycles. The lowest BCUT2D eigenvalue weighted by Crippen LogP contribution is -2.25. The second-order valence-corrected chi connectivity index (χ2v) is 3.36. The zero-order chi connectivity index (χ0) is 11.8. The fourth-order valence-electron chi connectivity index (χ4n) is 1.36. The molecule has 1 aromatic carbocycles. The first-order valence-electron chi connectivity index (χ1n) is 5.45. The Labute approximate surface area is 108 Å². The average Bonchev–Trinajstić information content (AvgIpc) is 2.29. The monoisotopic (exact) mass is 258 g/mol. The second-order valence-electron chi connectivity index (χ2n) is 3.36. The Morgan fingerprint density at radius 1 is 1.41 bits per heavy atom. The summed E-state index contributed by atoms with van der Waals surface area (Å²) in [5.41, 5.74) is 6.27. The number of carbonyl (C=O) groups is 1. The molecule has 3 N–H and O–H groups in total. The maximum absolute atomic E-state index is 11.3. The van der Waals surface area contributed by atoms with Gasteiger partial charge in [0.15, 0.2) is 0 Å². The summed E-state index contributed by atoms with van der Waals surface area (Å²) in [7, 11) is 0. The molecule has 0 heterocycles. The van der Waals surface area contributed by atoms with E-state index in [0.29, 0.717) is 26.1 Å². The van der Waals surface area contributed by atoms with E-state index < -0.39 is 0 Å². The second kappa shape index (κ2) is 8.84. The van der Waals surface area contributed by atoms with Gasteiger partial charge >= 0.3 is 0 Å². The van der Waals surface area contributed by atoms with Gasteiger partial charge in [-0.1, -0.05) is 18.2 Å². The molecule has 0 radical (unpaired) electrons. The van der Waals surface area contributed by atoms with Gasteiger partial charge in [-0.05, 0) is 13.0 Å². The summed E-state index contributed by atoms with van der Waals surface area (Å²) in [5.74, 6) is 0.784. The molecule has 0 atom stereocenters. The van der Waals surface area contributed by atoms with Crippen molar-refractivity contribution >= 4 is 18.3 Å². The summed E-state index contributed by atoms with van der Waals surface area (Å²) in [6.45, 7) is 3.41. The van der Waals surface area contributed by atoms with Crippen LogP contribution < -0.4 is 15.8 Å². The summed E-state index contributed by atoms with van der Waals surface area (Å²) in [6, 6.07) is 7.67. The Bertz CT molecular complexity index is 345. The molecule has 0 unspecified atom stereocenters. The molecule has 5 heteroatoms. The summed E-state index contributed by atoms with van der Waals surface area (Å²) >= 11 is 0. The van der Waals surface area contributed by atoms with Crippen LogP contribution in [0.4, 0.5) is 0 Å². The molecule has 1 rings (SSSR count). The van der Waals surface area contributed by atoms with Gasteiger partial charge in [0.1, 0.15) is 5.75 Å². The third-order valence-corrected chi connectivity index (χ3v) is 2.12. The van der Waals surface area contributed by atoms with Gasteiger partial charge in [0.2, 0.25) is 5.91 Å². The molecule has 96 valence electrons. The summed E-state index contributed by atoms with van der Waals surface area (Å²) < 4.78 is 5.45. The topological polar surface area (TPSA) is 64.3 Å². The maximum atomic E-state index is 11.3. The van der Waals surface area contributed by atoms with Crippen molar-refractivity contribution in [2.45, 2.75) is 19.9 Å². The predicted molar refractivity (Wildman–Crippen MR) is 70.4 cm³/mol. The van der Waals surface area contributed by atoms with Crippen LogP contribution in [0.1, 0.15) is 18.9 Å². The first-order chi connectivity index (χ1) is 7.77. The first-order valence-corrected chi connectivity index (χ1v) is 5.45. The lowest BCUT2D eigenvalue weighted by Gasteiger charge is -2.10. The summed E-state index contributed by atoms with van der Waals surface area (Å²) in [4.78, 5) is 11.3. The van der Waals surface area contributed by atoms with Crippen LogP contribution in [0.15, 0.2) is 24.3 Å². The van der Waals surface area contributed by atoms with Crippen molar-refractivity contribution in [2.24, 2.45) is 5.73 Å². The minimum Gasteiger partial charge on any atom is -0.494 e. The molecule has 0 bridgehead atoms. The van der Waals surface area contributed by atoms with Gasteiger partial charge in [-0.3, -0.25) is 4.79 Å². The van der Waals surface area contributed by atoms with E-state index in [0.717, 1.165) is 11.3 Å². The molecule has 0 aliphatic rings. The van der Waals surface area contributed by atoms with E-state index in [-0.39, 0.29) is 18.3 Å².